The Balaban J connectivity index is 1.61. The van der Waals surface area contributed by atoms with Crippen molar-refractivity contribution in [2.45, 2.75) is 39.2 Å². The molecule has 1 saturated heterocycles. The van der Waals surface area contributed by atoms with Crippen LogP contribution in [0.1, 0.15) is 53.8 Å². The van der Waals surface area contributed by atoms with Gasteiger partial charge >= 0.3 is 0 Å². The van der Waals surface area contributed by atoms with E-state index >= 15 is 0 Å². The van der Waals surface area contributed by atoms with Gasteiger partial charge in [-0.1, -0.05) is 0 Å². The topological polar surface area (TPSA) is 58.6 Å². The molecule has 0 atom stereocenters. The number of amides is 2. The summed E-state index contributed by atoms with van der Waals surface area (Å²) in [7, 11) is 0. The Morgan fingerprint density at radius 3 is 2.07 bits per heavy atom. The van der Waals surface area contributed by atoms with Crippen molar-refractivity contribution in [2.24, 2.45) is 0 Å². The third-order valence-corrected chi connectivity index (χ3v) is 4.52. The van der Waals surface area contributed by atoms with Gasteiger partial charge in [-0.15, -0.1) is 0 Å². The van der Waals surface area contributed by atoms with E-state index in [9.17, 15) is 9.59 Å². The lowest BCUT2D eigenvalue weighted by atomic mass is 10.1. The zero-order valence-electron chi connectivity index (χ0n) is 15.9. The van der Waals surface area contributed by atoms with E-state index in [0.717, 1.165) is 31.7 Å². The molecule has 0 spiro atoms. The molecule has 2 amide bonds. The quantitative estimate of drug-likeness (QED) is 0.856. The number of nitrogens with one attached hydrogen (secondary N) is 1. The maximum absolute atomic E-state index is 12.5. The first kappa shape index (κ1) is 19.0. The largest absolute Gasteiger partial charge is 0.491 e. The van der Waals surface area contributed by atoms with Crippen LogP contribution in [0.15, 0.2) is 48.5 Å². The normalized spacial score (nSPS) is 14.1. The molecule has 0 aromatic heterocycles. The maximum Gasteiger partial charge on any atom is 0.255 e. The Morgan fingerprint density at radius 2 is 1.48 bits per heavy atom. The van der Waals surface area contributed by atoms with Crippen LogP contribution in [-0.4, -0.2) is 35.9 Å². The van der Waals surface area contributed by atoms with Crippen LogP contribution in [0.3, 0.4) is 0 Å². The number of likely N-dealkylation sites (tertiary alicyclic amines) is 1. The van der Waals surface area contributed by atoms with Crippen molar-refractivity contribution in [2.75, 3.05) is 18.4 Å². The van der Waals surface area contributed by atoms with Crippen molar-refractivity contribution in [3.8, 4) is 5.75 Å². The Labute approximate surface area is 160 Å². The number of anilines is 1. The van der Waals surface area contributed by atoms with Crippen LogP contribution < -0.4 is 10.1 Å². The second kappa shape index (κ2) is 8.71. The van der Waals surface area contributed by atoms with E-state index < -0.39 is 0 Å². The SMILES string of the molecule is CC(C)Oc1ccc(NC(=O)c2ccc(C(=O)N3CCCCC3)cc2)cc1. The van der Waals surface area contributed by atoms with E-state index in [1.165, 1.54) is 6.42 Å². The van der Waals surface area contributed by atoms with Gasteiger partial charge in [0.25, 0.3) is 11.8 Å². The lowest BCUT2D eigenvalue weighted by Crippen LogP contribution is -2.35. The highest BCUT2D eigenvalue weighted by atomic mass is 16.5. The summed E-state index contributed by atoms with van der Waals surface area (Å²) in [6.07, 6.45) is 3.42. The van der Waals surface area contributed by atoms with E-state index in [2.05, 4.69) is 5.32 Å². The van der Waals surface area contributed by atoms with Gasteiger partial charge in [0.1, 0.15) is 5.75 Å². The number of carbonyl (C=O) groups is 2. The molecule has 0 bridgehead atoms. The van der Waals surface area contributed by atoms with Gasteiger partial charge in [0.05, 0.1) is 6.10 Å². The van der Waals surface area contributed by atoms with Gasteiger partial charge in [-0.3, -0.25) is 9.59 Å². The fraction of sp³-hybridized carbons (Fsp3) is 0.364. The first-order valence-electron chi connectivity index (χ1n) is 9.50. The summed E-state index contributed by atoms with van der Waals surface area (Å²) >= 11 is 0. The smallest absolute Gasteiger partial charge is 0.255 e. The molecule has 0 aliphatic carbocycles. The van der Waals surface area contributed by atoms with E-state index in [1.807, 2.05) is 43.0 Å². The van der Waals surface area contributed by atoms with Crippen molar-refractivity contribution in [1.82, 2.24) is 4.90 Å². The molecule has 1 heterocycles. The number of hydrogen-bond acceptors (Lipinski definition) is 3. The molecule has 2 aromatic rings. The fourth-order valence-electron chi connectivity index (χ4n) is 3.14. The van der Waals surface area contributed by atoms with Crippen LogP contribution in [0, 0.1) is 0 Å². The standard InChI is InChI=1S/C22H26N2O3/c1-16(2)27-20-12-10-19(11-13-20)23-21(25)17-6-8-18(9-7-17)22(26)24-14-4-3-5-15-24/h6-13,16H,3-5,14-15H2,1-2H3,(H,23,25). The summed E-state index contributed by atoms with van der Waals surface area (Å²) in [5, 5.41) is 2.86. The molecule has 1 N–H and O–H groups in total. The van der Waals surface area contributed by atoms with E-state index in [1.54, 1.807) is 24.3 Å². The average molecular weight is 366 g/mol. The van der Waals surface area contributed by atoms with Crippen LogP contribution in [0.5, 0.6) is 5.75 Å². The zero-order valence-corrected chi connectivity index (χ0v) is 15.9. The maximum atomic E-state index is 12.5. The number of carbonyl (C=O) groups excluding carboxylic acids is 2. The molecule has 142 valence electrons. The number of benzene rings is 2. The number of ether oxygens (including phenoxy) is 1. The minimum absolute atomic E-state index is 0.0439. The molecule has 5 nitrogen and oxygen atoms in total. The van der Waals surface area contributed by atoms with E-state index in [4.69, 9.17) is 4.74 Å². The van der Waals surface area contributed by atoms with Gasteiger partial charge in [-0.05, 0) is 81.6 Å². The molecule has 1 aliphatic heterocycles. The first-order valence-corrected chi connectivity index (χ1v) is 9.50. The summed E-state index contributed by atoms with van der Waals surface area (Å²) in [6.45, 7) is 5.57. The van der Waals surface area contributed by atoms with Gasteiger partial charge in [0.15, 0.2) is 0 Å². The molecule has 5 heteroatoms. The van der Waals surface area contributed by atoms with Gasteiger partial charge in [0, 0.05) is 29.9 Å². The van der Waals surface area contributed by atoms with Crippen molar-refractivity contribution in [3.05, 3.63) is 59.7 Å². The Kier molecular flexibility index (Phi) is 6.12. The van der Waals surface area contributed by atoms with E-state index in [0.29, 0.717) is 16.8 Å². The van der Waals surface area contributed by atoms with Crippen molar-refractivity contribution in [3.63, 3.8) is 0 Å². The molecule has 0 saturated carbocycles. The highest BCUT2D eigenvalue weighted by molar-refractivity contribution is 6.05. The minimum Gasteiger partial charge on any atom is -0.491 e. The van der Waals surface area contributed by atoms with E-state index in [-0.39, 0.29) is 17.9 Å². The second-order valence-electron chi connectivity index (χ2n) is 7.08. The zero-order chi connectivity index (χ0) is 19.2. The molecular formula is C22H26N2O3. The Bertz CT molecular complexity index is 776. The molecule has 3 rings (SSSR count). The summed E-state index contributed by atoms with van der Waals surface area (Å²) in [5.41, 5.74) is 1.85. The number of piperidine rings is 1. The number of nitrogens with zero attached hydrogens (tertiary/aromatic N) is 1. The lowest BCUT2D eigenvalue weighted by molar-refractivity contribution is 0.0724. The average Bonchev–Trinajstić information content (AvgIpc) is 2.69. The highest BCUT2D eigenvalue weighted by Crippen LogP contribution is 2.18. The van der Waals surface area contributed by atoms with Gasteiger partial charge in [-0.25, -0.2) is 0 Å². The fourth-order valence-corrected chi connectivity index (χ4v) is 3.14. The Hall–Kier alpha value is -2.82. The second-order valence-corrected chi connectivity index (χ2v) is 7.08. The van der Waals surface area contributed by atoms with Crippen LogP contribution >= 0.6 is 0 Å². The third kappa shape index (κ3) is 5.09. The van der Waals surface area contributed by atoms with Gasteiger partial charge in [0.2, 0.25) is 0 Å². The van der Waals surface area contributed by atoms with Crippen LogP contribution in [0.2, 0.25) is 0 Å². The van der Waals surface area contributed by atoms with Gasteiger partial charge < -0.3 is 15.0 Å². The molecular weight excluding hydrogens is 340 g/mol. The molecule has 2 aromatic carbocycles. The van der Waals surface area contributed by atoms with Crippen molar-refractivity contribution < 1.29 is 14.3 Å². The number of hydrogen-bond donors (Lipinski definition) is 1. The molecule has 27 heavy (non-hydrogen) atoms. The molecule has 0 radical (unpaired) electrons. The van der Waals surface area contributed by atoms with Crippen LogP contribution in [0.4, 0.5) is 5.69 Å². The minimum atomic E-state index is -0.204. The van der Waals surface area contributed by atoms with Crippen molar-refractivity contribution in [1.29, 1.82) is 0 Å². The lowest BCUT2D eigenvalue weighted by Gasteiger charge is -2.26. The monoisotopic (exact) mass is 366 g/mol. The summed E-state index contributed by atoms with van der Waals surface area (Å²) < 4.78 is 5.60. The van der Waals surface area contributed by atoms with Gasteiger partial charge in [-0.2, -0.15) is 0 Å². The van der Waals surface area contributed by atoms with Crippen LogP contribution in [0.25, 0.3) is 0 Å². The summed E-state index contributed by atoms with van der Waals surface area (Å²) in [4.78, 5) is 26.8. The predicted octanol–water partition coefficient (Wildman–Crippen LogP) is 4.35. The molecule has 0 unspecified atom stereocenters. The molecule has 1 aliphatic rings. The predicted molar refractivity (Wildman–Crippen MR) is 106 cm³/mol. The Morgan fingerprint density at radius 1 is 0.889 bits per heavy atom. The third-order valence-electron chi connectivity index (χ3n) is 4.52. The first-order chi connectivity index (χ1) is 13.0. The number of rotatable bonds is 5. The van der Waals surface area contributed by atoms with Crippen molar-refractivity contribution >= 4 is 17.5 Å². The van der Waals surface area contributed by atoms with Crippen LogP contribution in [-0.2, 0) is 0 Å². The highest BCUT2D eigenvalue weighted by Gasteiger charge is 2.18. The molecule has 1 fully saturated rings. The summed E-state index contributed by atoms with van der Waals surface area (Å²) in [5.74, 6) is 0.607. The summed E-state index contributed by atoms with van der Waals surface area (Å²) in [6, 6.07) is 14.1.